The van der Waals surface area contributed by atoms with Gasteiger partial charge < -0.3 is 10.2 Å². The van der Waals surface area contributed by atoms with Crippen molar-refractivity contribution < 1.29 is 14.4 Å². The van der Waals surface area contributed by atoms with Gasteiger partial charge in [-0.1, -0.05) is 35.9 Å². The number of hydrogen-bond acceptors (Lipinski definition) is 5. The summed E-state index contributed by atoms with van der Waals surface area (Å²) in [5.74, 6) is -0.717. The van der Waals surface area contributed by atoms with Crippen LogP contribution in [-0.4, -0.2) is 56.6 Å². The smallest absolute Gasteiger partial charge is 0.256 e. The van der Waals surface area contributed by atoms with Gasteiger partial charge in [-0.2, -0.15) is 15.0 Å². The number of nitrogens with zero attached hydrogens (tertiary/aromatic N) is 4. The van der Waals surface area contributed by atoms with Gasteiger partial charge in [0.2, 0.25) is 5.91 Å². The fraction of sp³-hybridized carbons (Fsp3) is 0.292. The summed E-state index contributed by atoms with van der Waals surface area (Å²) in [6, 6.07) is 12.1. The van der Waals surface area contributed by atoms with Crippen molar-refractivity contribution in [1.82, 2.24) is 25.2 Å². The predicted octanol–water partition coefficient (Wildman–Crippen LogP) is 2.49. The molecule has 2 amide bonds. The Morgan fingerprint density at radius 2 is 1.78 bits per heavy atom. The van der Waals surface area contributed by atoms with Crippen molar-refractivity contribution in [2.75, 3.05) is 13.1 Å². The third-order valence-corrected chi connectivity index (χ3v) is 5.70. The van der Waals surface area contributed by atoms with Crippen LogP contribution in [0, 0.1) is 13.8 Å². The second-order valence-electron chi connectivity index (χ2n) is 7.95. The summed E-state index contributed by atoms with van der Waals surface area (Å²) in [5.41, 5.74) is 3.38. The molecule has 32 heavy (non-hydrogen) atoms. The van der Waals surface area contributed by atoms with E-state index in [1.165, 1.54) is 4.80 Å². The standard InChI is InChI=1S/C24H25N5O3/c1-16-9-10-20(29-26-11-12-27-29)19(14-16)24(32)28-13-5-8-21(28)23(31)25-15-22(30)18-7-4-3-6-17(18)2/h3-4,6-7,9-12,14,21H,5,8,13,15H2,1-2H3,(H,25,31)/t21-/m0/s1. The zero-order valence-electron chi connectivity index (χ0n) is 18.1. The lowest BCUT2D eigenvalue weighted by Gasteiger charge is -2.25. The van der Waals surface area contributed by atoms with Crippen LogP contribution in [0.2, 0.25) is 0 Å². The zero-order valence-corrected chi connectivity index (χ0v) is 18.1. The highest BCUT2D eigenvalue weighted by atomic mass is 16.2. The lowest BCUT2D eigenvalue weighted by molar-refractivity contribution is -0.124. The maximum absolute atomic E-state index is 13.4. The molecule has 8 heteroatoms. The van der Waals surface area contributed by atoms with Gasteiger partial charge in [-0.05, 0) is 44.4 Å². The van der Waals surface area contributed by atoms with Crippen molar-refractivity contribution in [3.05, 3.63) is 77.1 Å². The minimum Gasteiger partial charge on any atom is -0.347 e. The van der Waals surface area contributed by atoms with Crippen LogP contribution in [-0.2, 0) is 4.79 Å². The molecule has 164 valence electrons. The number of Topliss-reactive ketones (excluding diaryl/α,β-unsaturated/α-hetero) is 1. The normalized spacial score (nSPS) is 15.6. The van der Waals surface area contributed by atoms with E-state index in [1.54, 1.807) is 41.6 Å². The molecule has 1 atom stereocenters. The van der Waals surface area contributed by atoms with Crippen LogP contribution < -0.4 is 5.32 Å². The van der Waals surface area contributed by atoms with E-state index in [9.17, 15) is 14.4 Å². The second-order valence-corrected chi connectivity index (χ2v) is 7.95. The molecule has 0 radical (unpaired) electrons. The molecule has 3 aromatic rings. The molecular formula is C24H25N5O3. The lowest BCUT2D eigenvalue weighted by atomic mass is 10.0. The first-order valence-electron chi connectivity index (χ1n) is 10.6. The van der Waals surface area contributed by atoms with E-state index in [0.29, 0.717) is 29.8 Å². The van der Waals surface area contributed by atoms with Crippen LogP contribution in [0.25, 0.3) is 5.69 Å². The van der Waals surface area contributed by atoms with Gasteiger partial charge in [0, 0.05) is 12.1 Å². The largest absolute Gasteiger partial charge is 0.347 e. The number of aryl methyl sites for hydroxylation is 2. The Hall–Kier alpha value is -3.81. The first-order chi connectivity index (χ1) is 15.5. The molecule has 2 aromatic carbocycles. The second kappa shape index (κ2) is 9.13. The van der Waals surface area contributed by atoms with Gasteiger partial charge in [0.05, 0.1) is 30.2 Å². The third kappa shape index (κ3) is 4.30. The van der Waals surface area contributed by atoms with Crippen molar-refractivity contribution in [2.24, 2.45) is 0 Å². The molecule has 4 rings (SSSR count). The zero-order chi connectivity index (χ0) is 22.7. The number of likely N-dealkylation sites (tertiary alicyclic amines) is 1. The fourth-order valence-electron chi connectivity index (χ4n) is 4.04. The molecule has 1 fully saturated rings. The topological polar surface area (TPSA) is 97.2 Å². The van der Waals surface area contributed by atoms with Gasteiger partial charge >= 0.3 is 0 Å². The number of rotatable bonds is 6. The maximum Gasteiger partial charge on any atom is 0.256 e. The van der Waals surface area contributed by atoms with E-state index < -0.39 is 6.04 Å². The fourth-order valence-corrected chi connectivity index (χ4v) is 4.04. The number of hydrogen-bond donors (Lipinski definition) is 1. The quantitative estimate of drug-likeness (QED) is 0.605. The lowest BCUT2D eigenvalue weighted by Crippen LogP contribution is -2.47. The van der Waals surface area contributed by atoms with E-state index in [-0.39, 0.29) is 24.1 Å². The molecule has 1 aliphatic rings. The van der Waals surface area contributed by atoms with Crippen LogP contribution in [0.4, 0.5) is 0 Å². The summed E-state index contributed by atoms with van der Waals surface area (Å²) < 4.78 is 0. The Morgan fingerprint density at radius 3 is 2.53 bits per heavy atom. The summed E-state index contributed by atoms with van der Waals surface area (Å²) in [7, 11) is 0. The van der Waals surface area contributed by atoms with Gasteiger partial charge in [-0.3, -0.25) is 14.4 Å². The number of carbonyl (C=O) groups excluding carboxylic acids is 3. The number of benzene rings is 2. The summed E-state index contributed by atoms with van der Waals surface area (Å²) in [5, 5.41) is 11.0. The third-order valence-electron chi connectivity index (χ3n) is 5.70. The molecular weight excluding hydrogens is 406 g/mol. The molecule has 0 unspecified atom stereocenters. The molecule has 1 N–H and O–H groups in total. The molecule has 0 saturated carbocycles. The van der Waals surface area contributed by atoms with Crippen LogP contribution in [0.3, 0.4) is 0 Å². The molecule has 8 nitrogen and oxygen atoms in total. The van der Waals surface area contributed by atoms with Crippen molar-refractivity contribution >= 4 is 17.6 Å². The van der Waals surface area contributed by atoms with Crippen molar-refractivity contribution in [3.8, 4) is 5.69 Å². The number of aromatic nitrogens is 3. The first kappa shape index (κ1) is 21.4. The van der Waals surface area contributed by atoms with Crippen LogP contribution in [0.15, 0.2) is 54.9 Å². The highest BCUT2D eigenvalue weighted by molar-refractivity contribution is 6.03. The summed E-state index contributed by atoms with van der Waals surface area (Å²) in [6.07, 6.45) is 4.37. The van der Waals surface area contributed by atoms with Crippen LogP contribution in [0.5, 0.6) is 0 Å². The van der Waals surface area contributed by atoms with Crippen molar-refractivity contribution in [2.45, 2.75) is 32.7 Å². The van der Waals surface area contributed by atoms with Crippen LogP contribution >= 0.6 is 0 Å². The van der Waals surface area contributed by atoms with Gasteiger partial charge in [-0.25, -0.2) is 0 Å². The molecule has 0 spiro atoms. The van der Waals surface area contributed by atoms with E-state index in [1.807, 2.05) is 32.0 Å². The maximum atomic E-state index is 13.4. The van der Waals surface area contributed by atoms with E-state index in [0.717, 1.165) is 17.5 Å². The van der Waals surface area contributed by atoms with E-state index >= 15 is 0 Å². The highest BCUT2D eigenvalue weighted by Crippen LogP contribution is 2.24. The van der Waals surface area contributed by atoms with E-state index in [2.05, 4.69) is 15.5 Å². The number of carbonyl (C=O) groups is 3. The van der Waals surface area contributed by atoms with Gasteiger partial charge in [0.1, 0.15) is 6.04 Å². The molecule has 0 bridgehead atoms. The van der Waals surface area contributed by atoms with Crippen LogP contribution in [0.1, 0.15) is 44.7 Å². The number of ketones is 1. The summed E-state index contributed by atoms with van der Waals surface area (Å²) in [4.78, 5) is 41.9. The van der Waals surface area contributed by atoms with Gasteiger partial charge in [0.15, 0.2) is 5.78 Å². The molecule has 0 aliphatic carbocycles. The average Bonchev–Trinajstić information content (AvgIpc) is 3.49. The molecule has 1 saturated heterocycles. The monoisotopic (exact) mass is 431 g/mol. The van der Waals surface area contributed by atoms with Gasteiger partial charge in [0.25, 0.3) is 5.91 Å². The minimum absolute atomic E-state index is 0.102. The average molecular weight is 431 g/mol. The summed E-state index contributed by atoms with van der Waals surface area (Å²) in [6.45, 7) is 4.14. The number of nitrogens with one attached hydrogen (secondary N) is 1. The minimum atomic E-state index is -0.619. The first-order valence-corrected chi connectivity index (χ1v) is 10.6. The molecule has 1 aliphatic heterocycles. The predicted molar refractivity (Wildman–Crippen MR) is 119 cm³/mol. The number of amides is 2. The Morgan fingerprint density at radius 1 is 1.03 bits per heavy atom. The molecule has 2 heterocycles. The SMILES string of the molecule is Cc1ccc(-n2nccn2)c(C(=O)N2CCC[C@H]2C(=O)NCC(=O)c2ccccc2C)c1. The Kier molecular flexibility index (Phi) is 6.11. The highest BCUT2D eigenvalue weighted by Gasteiger charge is 2.35. The Balaban J connectivity index is 1.50. The molecule has 1 aromatic heterocycles. The van der Waals surface area contributed by atoms with E-state index in [4.69, 9.17) is 0 Å². The Labute approximate surface area is 186 Å². The van der Waals surface area contributed by atoms with Crippen molar-refractivity contribution in [3.63, 3.8) is 0 Å². The Bertz CT molecular complexity index is 1160. The summed E-state index contributed by atoms with van der Waals surface area (Å²) >= 11 is 0. The van der Waals surface area contributed by atoms with Crippen molar-refractivity contribution in [1.29, 1.82) is 0 Å². The van der Waals surface area contributed by atoms with Gasteiger partial charge in [-0.15, -0.1) is 0 Å².